The molecule has 1 aromatic carbocycles. The van der Waals surface area contributed by atoms with Crippen molar-refractivity contribution in [2.75, 3.05) is 0 Å². The van der Waals surface area contributed by atoms with Gasteiger partial charge < -0.3 is 9.97 Å². The van der Waals surface area contributed by atoms with E-state index in [0.29, 0.717) is 11.4 Å². The van der Waals surface area contributed by atoms with Gasteiger partial charge >= 0.3 is 0 Å². The molecule has 3 rings (SSSR count). The number of nitrogens with one attached hydrogen (secondary N) is 4. The molecule has 0 saturated heterocycles. The second-order valence-corrected chi connectivity index (χ2v) is 5.24. The van der Waals surface area contributed by atoms with E-state index in [0.717, 1.165) is 11.1 Å². The molecule has 0 spiro atoms. The number of H-pyrrole nitrogens is 2. The third-order valence-corrected chi connectivity index (χ3v) is 3.36. The van der Waals surface area contributed by atoms with Crippen LogP contribution in [0.2, 0.25) is 0 Å². The van der Waals surface area contributed by atoms with E-state index in [2.05, 4.69) is 31.0 Å². The summed E-state index contributed by atoms with van der Waals surface area (Å²) in [5.41, 5.74) is 7.28. The molecule has 0 radical (unpaired) electrons. The Hall–Kier alpha value is -3.94. The second-order valence-electron chi connectivity index (χ2n) is 5.24. The highest BCUT2D eigenvalue weighted by atomic mass is 16.2. The van der Waals surface area contributed by atoms with Gasteiger partial charge in [-0.1, -0.05) is 18.2 Å². The van der Waals surface area contributed by atoms with Crippen LogP contribution >= 0.6 is 0 Å². The molecule has 26 heavy (non-hydrogen) atoms. The van der Waals surface area contributed by atoms with Crippen molar-refractivity contribution in [1.29, 1.82) is 0 Å². The number of amides is 2. The van der Waals surface area contributed by atoms with E-state index >= 15 is 0 Å². The van der Waals surface area contributed by atoms with E-state index in [-0.39, 0.29) is 11.8 Å². The first-order valence-corrected chi connectivity index (χ1v) is 7.76. The lowest BCUT2D eigenvalue weighted by Gasteiger charge is -1.99. The number of benzene rings is 1. The summed E-state index contributed by atoms with van der Waals surface area (Å²) in [6.07, 6.45) is 6.37. The largest absolute Gasteiger partial charge is 0.357 e. The molecule has 2 heterocycles. The normalized spacial score (nSPS) is 11.1. The predicted molar refractivity (Wildman–Crippen MR) is 98.1 cm³/mol. The number of carbonyl (C=O) groups excluding carboxylic acids is 2. The highest BCUT2D eigenvalue weighted by molar-refractivity contribution is 5.94. The number of carbonyl (C=O) groups is 2. The van der Waals surface area contributed by atoms with Crippen LogP contribution in [0.15, 0.2) is 71.1 Å². The van der Waals surface area contributed by atoms with E-state index in [4.69, 9.17) is 0 Å². The third-order valence-electron chi connectivity index (χ3n) is 3.36. The molecule has 0 aliphatic rings. The van der Waals surface area contributed by atoms with E-state index in [1.54, 1.807) is 36.7 Å². The third kappa shape index (κ3) is 4.54. The van der Waals surface area contributed by atoms with Gasteiger partial charge in [0.05, 0.1) is 12.4 Å². The highest BCUT2D eigenvalue weighted by Crippen LogP contribution is 2.01. The van der Waals surface area contributed by atoms with Gasteiger partial charge in [0.25, 0.3) is 11.8 Å². The average Bonchev–Trinajstić information content (AvgIpc) is 3.36. The van der Waals surface area contributed by atoms with Crippen molar-refractivity contribution in [3.05, 3.63) is 83.4 Å². The molecular formula is C18H16N6O2. The number of rotatable bonds is 6. The summed E-state index contributed by atoms with van der Waals surface area (Å²) >= 11 is 0. The molecule has 0 saturated carbocycles. The van der Waals surface area contributed by atoms with Gasteiger partial charge in [0.2, 0.25) is 0 Å². The van der Waals surface area contributed by atoms with Crippen molar-refractivity contribution in [3.8, 4) is 0 Å². The van der Waals surface area contributed by atoms with Gasteiger partial charge in [0.1, 0.15) is 11.4 Å². The fraction of sp³-hybridized carbons (Fsp3) is 0. The Morgan fingerprint density at radius 1 is 0.769 bits per heavy atom. The van der Waals surface area contributed by atoms with Crippen LogP contribution in [0.5, 0.6) is 0 Å². The zero-order chi connectivity index (χ0) is 18.2. The topological polar surface area (TPSA) is 114 Å². The van der Waals surface area contributed by atoms with E-state index < -0.39 is 0 Å². The quantitative estimate of drug-likeness (QED) is 0.402. The van der Waals surface area contributed by atoms with Crippen molar-refractivity contribution in [2.45, 2.75) is 0 Å². The molecule has 3 aromatic rings. The predicted octanol–water partition coefficient (Wildman–Crippen LogP) is 1.87. The van der Waals surface area contributed by atoms with Crippen molar-refractivity contribution < 1.29 is 9.59 Å². The van der Waals surface area contributed by atoms with E-state index in [1.165, 1.54) is 12.4 Å². The molecular weight excluding hydrogens is 332 g/mol. The molecule has 0 aliphatic carbocycles. The maximum absolute atomic E-state index is 11.7. The summed E-state index contributed by atoms with van der Waals surface area (Å²) in [7, 11) is 0. The molecule has 130 valence electrons. The molecule has 0 aliphatic heterocycles. The van der Waals surface area contributed by atoms with E-state index in [1.807, 2.05) is 24.3 Å². The van der Waals surface area contributed by atoms with E-state index in [9.17, 15) is 9.59 Å². The average molecular weight is 348 g/mol. The van der Waals surface area contributed by atoms with Crippen LogP contribution in [0.1, 0.15) is 32.1 Å². The molecule has 0 fully saturated rings. The number of hydrogen-bond acceptors (Lipinski definition) is 4. The minimum Gasteiger partial charge on any atom is -0.357 e. The summed E-state index contributed by atoms with van der Waals surface area (Å²) in [5.74, 6) is -0.646. The number of hydrazone groups is 2. The summed E-state index contributed by atoms with van der Waals surface area (Å²) in [6, 6.07) is 14.1. The van der Waals surface area contributed by atoms with Crippen molar-refractivity contribution in [1.82, 2.24) is 20.8 Å². The van der Waals surface area contributed by atoms with Crippen molar-refractivity contribution >= 4 is 24.2 Å². The first kappa shape index (κ1) is 16.9. The van der Waals surface area contributed by atoms with Crippen LogP contribution in [-0.2, 0) is 0 Å². The van der Waals surface area contributed by atoms with Gasteiger partial charge in [-0.15, -0.1) is 0 Å². The van der Waals surface area contributed by atoms with Crippen LogP contribution in [0, 0.1) is 0 Å². The van der Waals surface area contributed by atoms with Crippen LogP contribution < -0.4 is 10.9 Å². The first-order chi connectivity index (χ1) is 12.7. The maximum atomic E-state index is 11.7. The molecule has 4 N–H and O–H groups in total. The molecule has 0 unspecified atom stereocenters. The summed E-state index contributed by atoms with van der Waals surface area (Å²) in [6.45, 7) is 0. The van der Waals surface area contributed by atoms with Crippen LogP contribution in [-0.4, -0.2) is 34.2 Å². The number of aromatic amines is 2. The molecule has 2 aromatic heterocycles. The summed E-state index contributed by atoms with van der Waals surface area (Å²) < 4.78 is 0. The second kappa shape index (κ2) is 8.25. The van der Waals surface area contributed by atoms with Gasteiger partial charge in [0, 0.05) is 12.4 Å². The highest BCUT2D eigenvalue weighted by Gasteiger charge is 2.04. The van der Waals surface area contributed by atoms with Gasteiger partial charge in [-0.3, -0.25) is 9.59 Å². The Balaban J connectivity index is 1.56. The maximum Gasteiger partial charge on any atom is 0.287 e. The number of nitrogens with zero attached hydrogens (tertiary/aromatic N) is 2. The fourth-order valence-electron chi connectivity index (χ4n) is 2.11. The summed E-state index contributed by atoms with van der Waals surface area (Å²) in [4.78, 5) is 29.1. The SMILES string of the molecule is O=C(N/N=C/c1cccc(/C=N/NC(=O)c2ccc[nH]2)c1)c1ccc[nH]1. The van der Waals surface area contributed by atoms with Crippen LogP contribution in [0.3, 0.4) is 0 Å². The van der Waals surface area contributed by atoms with Gasteiger partial charge in [-0.2, -0.15) is 10.2 Å². The number of hydrogen-bond donors (Lipinski definition) is 4. The smallest absolute Gasteiger partial charge is 0.287 e. The van der Waals surface area contributed by atoms with Crippen molar-refractivity contribution in [2.24, 2.45) is 10.2 Å². The monoisotopic (exact) mass is 348 g/mol. The van der Waals surface area contributed by atoms with Gasteiger partial charge in [-0.05, 0) is 41.5 Å². The van der Waals surface area contributed by atoms with Gasteiger partial charge in [-0.25, -0.2) is 10.9 Å². The number of aromatic nitrogens is 2. The molecule has 8 nitrogen and oxygen atoms in total. The van der Waals surface area contributed by atoms with Crippen LogP contribution in [0.4, 0.5) is 0 Å². The molecule has 0 atom stereocenters. The fourth-order valence-corrected chi connectivity index (χ4v) is 2.11. The lowest BCUT2D eigenvalue weighted by Crippen LogP contribution is -2.18. The van der Waals surface area contributed by atoms with Gasteiger partial charge in [0.15, 0.2) is 0 Å². The Labute approximate surface area is 149 Å². The van der Waals surface area contributed by atoms with Crippen molar-refractivity contribution in [3.63, 3.8) is 0 Å². The zero-order valence-electron chi connectivity index (χ0n) is 13.6. The molecule has 2 amide bonds. The minimum absolute atomic E-state index is 0.323. The molecule has 0 bridgehead atoms. The Morgan fingerprint density at radius 3 is 1.69 bits per heavy atom. The Kier molecular flexibility index (Phi) is 5.36. The first-order valence-electron chi connectivity index (χ1n) is 7.76. The summed E-state index contributed by atoms with van der Waals surface area (Å²) in [5, 5.41) is 7.84. The lowest BCUT2D eigenvalue weighted by atomic mass is 10.1. The Morgan fingerprint density at radius 2 is 1.27 bits per heavy atom. The Bertz CT molecular complexity index is 853. The van der Waals surface area contributed by atoms with Crippen LogP contribution in [0.25, 0.3) is 0 Å². The lowest BCUT2D eigenvalue weighted by molar-refractivity contribution is 0.0943. The zero-order valence-corrected chi connectivity index (χ0v) is 13.6. The minimum atomic E-state index is -0.323. The molecule has 8 heteroatoms. The standard InChI is InChI=1S/C18H16N6O2/c25-17(15-6-2-8-19-15)23-21-11-13-4-1-5-14(10-13)12-22-24-18(26)16-7-3-9-20-16/h1-12,19-20H,(H,23,25)(H,24,26)/b21-11+,22-12+.